The SMILES string of the molecule is CCOc1ncc(C(O)C(O)C(=O)O)cn1. The summed E-state index contributed by atoms with van der Waals surface area (Å²) in [4.78, 5) is 17.9. The molecule has 0 saturated carbocycles. The van der Waals surface area contributed by atoms with Gasteiger partial charge in [0.2, 0.25) is 0 Å². The standard InChI is InChI=1S/C9H12N2O5/c1-2-16-9-10-3-5(4-11-9)6(12)7(13)8(14)15/h3-4,6-7,12-13H,2H2,1H3,(H,14,15). The molecule has 7 heteroatoms. The molecule has 2 unspecified atom stereocenters. The molecule has 1 heterocycles. The van der Waals surface area contributed by atoms with E-state index in [0.29, 0.717) is 6.61 Å². The van der Waals surface area contributed by atoms with Crippen LogP contribution in [0.2, 0.25) is 0 Å². The fraction of sp³-hybridized carbons (Fsp3) is 0.444. The number of aliphatic hydroxyl groups is 2. The molecule has 0 spiro atoms. The van der Waals surface area contributed by atoms with Crippen molar-refractivity contribution < 1.29 is 24.9 Å². The van der Waals surface area contributed by atoms with E-state index in [1.54, 1.807) is 6.92 Å². The average molecular weight is 228 g/mol. The van der Waals surface area contributed by atoms with Crippen molar-refractivity contribution in [3.05, 3.63) is 18.0 Å². The zero-order valence-electron chi connectivity index (χ0n) is 8.57. The van der Waals surface area contributed by atoms with Crippen molar-refractivity contribution in [3.63, 3.8) is 0 Å². The molecule has 7 nitrogen and oxygen atoms in total. The number of carbonyl (C=O) groups is 1. The molecule has 0 saturated heterocycles. The van der Waals surface area contributed by atoms with Gasteiger partial charge in [0.1, 0.15) is 6.10 Å². The molecule has 0 amide bonds. The molecule has 1 rings (SSSR count). The first-order valence-corrected chi connectivity index (χ1v) is 4.60. The summed E-state index contributed by atoms with van der Waals surface area (Å²) >= 11 is 0. The summed E-state index contributed by atoms with van der Waals surface area (Å²) < 4.78 is 4.97. The van der Waals surface area contributed by atoms with Crippen molar-refractivity contribution in [1.29, 1.82) is 0 Å². The van der Waals surface area contributed by atoms with Crippen LogP contribution in [0.3, 0.4) is 0 Å². The van der Waals surface area contributed by atoms with Crippen molar-refractivity contribution >= 4 is 5.97 Å². The fourth-order valence-corrected chi connectivity index (χ4v) is 1.000. The lowest BCUT2D eigenvalue weighted by Crippen LogP contribution is -2.27. The Labute approximate surface area is 91.4 Å². The number of hydrogen-bond acceptors (Lipinski definition) is 6. The van der Waals surface area contributed by atoms with E-state index in [4.69, 9.17) is 14.9 Å². The minimum absolute atomic E-state index is 0.110. The van der Waals surface area contributed by atoms with Gasteiger partial charge in [-0.25, -0.2) is 14.8 Å². The van der Waals surface area contributed by atoms with Crippen LogP contribution < -0.4 is 4.74 Å². The molecule has 0 radical (unpaired) electrons. The van der Waals surface area contributed by atoms with Gasteiger partial charge in [-0.15, -0.1) is 0 Å². The fourth-order valence-electron chi connectivity index (χ4n) is 1.000. The smallest absolute Gasteiger partial charge is 0.335 e. The van der Waals surface area contributed by atoms with Crippen LogP contribution in [-0.2, 0) is 4.79 Å². The minimum Gasteiger partial charge on any atom is -0.479 e. The van der Waals surface area contributed by atoms with Gasteiger partial charge in [-0.2, -0.15) is 0 Å². The van der Waals surface area contributed by atoms with E-state index >= 15 is 0 Å². The maximum atomic E-state index is 10.4. The first-order valence-electron chi connectivity index (χ1n) is 4.60. The molecular formula is C9H12N2O5. The molecule has 2 atom stereocenters. The third-order valence-corrected chi connectivity index (χ3v) is 1.82. The highest BCUT2D eigenvalue weighted by molar-refractivity contribution is 5.72. The highest BCUT2D eigenvalue weighted by atomic mass is 16.5. The van der Waals surface area contributed by atoms with E-state index in [2.05, 4.69) is 9.97 Å². The number of carboxylic acid groups (broad SMARTS) is 1. The summed E-state index contributed by atoms with van der Waals surface area (Å²) in [7, 11) is 0. The minimum atomic E-state index is -1.90. The Balaban J connectivity index is 2.77. The van der Waals surface area contributed by atoms with Gasteiger partial charge in [-0.1, -0.05) is 0 Å². The van der Waals surface area contributed by atoms with Crippen LogP contribution in [0.25, 0.3) is 0 Å². The second kappa shape index (κ2) is 5.38. The third kappa shape index (κ3) is 2.88. The van der Waals surface area contributed by atoms with Gasteiger partial charge >= 0.3 is 12.0 Å². The number of nitrogens with zero attached hydrogens (tertiary/aromatic N) is 2. The molecule has 0 aliphatic rings. The zero-order valence-corrected chi connectivity index (χ0v) is 8.57. The van der Waals surface area contributed by atoms with Crippen LogP contribution in [0.15, 0.2) is 12.4 Å². The Morgan fingerprint density at radius 1 is 1.44 bits per heavy atom. The molecule has 0 bridgehead atoms. The normalized spacial score (nSPS) is 14.2. The predicted molar refractivity (Wildman–Crippen MR) is 51.8 cm³/mol. The Morgan fingerprint density at radius 3 is 2.44 bits per heavy atom. The van der Waals surface area contributed by atoms with Gasteiger partial charge in [-0.3, -0.25) is 0 Å². The van der Waals surface area contributed by atoms with E-state index in [0.717, 1.165) is 0 Å². The lowest BCUT2D eigenvalue weighted by Gasteiger charge is -2.13. The summed E-state index contributed by atoms with van der Waals surface area (Å²) in [6, 6.07) is 0.128. The highest BCUT2D eigenvalue weighted by Gasteiger charge is 2.25. The van der Waals surface area contributed by atoms with Gasteiger partial charge in [0.15, 0.2) is 6.10 Å². The molecule has 0 fully saturated rings. The Hall–Kier alpha value is -1.73. The van der Waals surface area contributed by atoms with Crippen LogP contribution in [0.1, 0.15) is 18.6 Å². The highest BCUT2D eigenvalue weighted by Crippen LogP contribution is 2.16. The van der Waals surface area contributed by atoms with Crippen molar-refractivity contribution in [1.82, 2.24) is 9.97 Å². The summed E-state index contributed by atoms with van der Waals surface area (Å²) in [5.41, 5.74) is 0.110. The molecule has 0 aromatic carbocycles. The van der Waals surface area contributed by atoms with Crippen LogP contribution in [0, 0.1) is 0 Å². The van der Waals surface area contributed by atoms with E-state index in [-0.39, 0.29) is 11.6 Å². The number of aliphatic carboxylic acids is 1. The summed E-state index contributed by atoms with van der Waals surface area (Å²) in [5, 5.41) is 27.0. The second-order valence-corrected chi connectivity index (χ2v) is 2.96. The number of rotatable bonds is 5. The molecule has 3 N–H and O–H groups in total. The first kappa shape index (κ1) is 12.3. The van der Waals surface area contributed by atoms with Gasteiger partial charge in [0.25, 0.3) is 0 Å². The second-order valence-electron chi connectivity index (χ2n) is 2.96. The van der Waals surface area contributed by atoms with Crippen molar-refractivity contribution in [2.45, 2.75) is 19.1 Å². The molecule has 0 aliphatic heterocycles. The lowest BCUT2D eigenvalue weighted by molar-refractivity contribution is -0.153. The Kier molecular flexibility index (Phi) is 4.15. The number of aromatic nitrogens is 2. The van der Waals surface area contributed by atoms with E-state index in [9.17, 15) is 9.90 Å². The maximum Gasteiger partial charge on any atom is 0.335 e. The predicted octanol–water partition coefficient (Wildman–Crippen LogP) is -0.646. The largest absolute Gasteiger partial charge is 0.479 e. The monoisotopic (exact) mass is 228 g/mol. The third-order valence-electron chi connectivity index (χ3n) is 1.82. The zero-order chi connectivity index (χ0) is 12.1. The number of hydrogen-bond donors (Lipinski definition) is 3. The molecule has 0 aliphatic carbocycles. The number of aliphatic hydroxyl groups excluding tert-OH is 2. The molecule has 88 valence electrons. The lowest BCUT2D eigenvalue weighted by atomic mass is 10.1. The Morgan fingerprint density at radius 2 is 2.00 bits per heavy atom. The maximum absolute atomic E-state index is 10.4. The molecule has 1 aromatic rings. The molecular weight excluding hydrogens is 216 g/mol. The van der Waals surface area contributed by atoms with Crippen molar-refractivity contribution in [2.75, 3.05) is 6.61 Å². The molecule has 1 aromatic heterocycles. The quantitative estimate of drug-likeness (QED) is 0.614. The summed E-state index contributed by atoms with van der Waals surface area (Å²) in [6.45, 7) is 2.17. The van der Waals surface area contributed by atoms with Gasteiger partial charge < -0.3 is 20.1 Å². The van der Waals surface area contributed by atoms with Crippen LogP contribution >= 0.6 is 0 Å². The van der Waals surface area contributed by atoms with Crippen LogP contribution in [0.4, 0.5) is 0 Å². The van der Waals surface area contributed by atoms with E-state index in [1.807, 2.05) is 0 Å². The Bertz CT molecular complexity index is 353. The average Bonchev–Trinajstić information content (AvgIpc) is 2.28. The van der Waals surface area contributed by atoms with Crippen molar-refractivity contribution in [2.24, 2.45) is 0 Å². The topological polar surface area (TPSA) is 113 Å². The number of ether oxygens (including phenoxy) is 1. The van der Waals surface area contributed by atoms with Gasteiger partial charge in [-0.05, 0) is 6.92 Å². The summed E-state index contributed by atoms with van der Waals surface area (Å²) in [5.74, 6) is -1.51. The molecule has 16 heavy (non-hydrogen) atoms. The summed E-state index contributed by atoms with van der Waals surface area (Å²) in [6.07, 6.45) is -1.06. The van der Waals surface area contributed by atoms with E-state index in [1.165, 1.54) is 12.4 Å². The first-order chi connectivity index (χ1) is 7.56. The van der Waals surface area contributed by atoms with Gasteiger partial charge in [0, 0.05) is 18.0 Å². The van der Waals surface area contributed by atoms with Crippen molar-refractivity contribution in [3.8, 4) is 6.01 Å². The van der Waals surface area contributed by atoms with E-state index < -0.39 is 18.2 Å². The van der Waals surface area contributed by atoms with Crippen LogP contribution in [-0.4, -0.2) is 44.0 Å². The van der Waals surface area contributed by atoms with Crippen LogP contribution in [0.5, 0.6) is 6.01 Å². The van der Waals surface area contributed by atoms with Gasteiger partial charge in [0.05, 0.1) is 6.61 Å². The number of carboxylic acids is 1.